The van der Waals surface area contributed by atoms with E-state index in [1.807, 2.05) is 12.3 Å². The van der Waals surface area contributed by atoms with Crippen LogP contribution in [0.15, 0.2) is 126 Å². The van der Waals surface area contributed by atoms with Crippen LogP contribution in [0.1, 0.15) is 24.0 Å². The molecule has 0 radical (unpaired) electrons. The fraction of sp³-hybridized carbons (Fsp3) is 0.231. The first-order valence-corrected chi connectivity index (χ1v) is 15.8. The van der Waals surface area contributed by atoms with Crippen LogP contribution in [-0.4, -0.2) is 23.2 Å². The van der Waals surface area contributed by atoms with Crippen molar-refractivity contribution in [3.8, 4) is 22.6 Å². The van der Waals surface area contributed by atoms with Gasteiger partial charge in [0.1, 0.15) is 17.1 Å². The van der Waals surface area contributed by atoms with Crippen molar-refractivity contribution in [2.24, 2.45) is 17.8 Å². The quantitative estimate of drug-likeness (QED) is 0.207. The van der Waals surface area contributed by atoms with Gasteiger partial charge in [0.05, 0.1) is 12.2 Å². The maximum atomic E-state index is 7.02. The average molecular weight is 577 g/mol. The lowest BCUT2D eigenvalue weighted by molar-refractivity contribution is -0.116. The number of allylic oxidation sites excluding steroid dienone is 2. The molecule has 1 fully saturated rings. The predicted octanol–water partition coefficient (Wildman–Crippen LogP) is 8.55. The second-order valence-electron chi connectivity index (χ2n) is 12.8. The Hall–Kier alpha value is -4.74. The molecule has 0 amide bonds. The molecule has 7 unspecified atom stereocenters. The molecular formula is C39H32N2O3. The number of hydrogen-bond donors (Lipinski definition) is 2. The highest BCUT2D eigenvalue weighted by atomic mass is 16.5. The molecule has 5 aromatic rings. The summed E-state index contributed by atoms with van der Waals surface area (Å²) < 4.78 is 20.0. The molecule has 3 aliphatic heterocycles. The van der Waals surface area contributed by atoms with E-state index in [1.165, 1.54) is 11.1 Å². The fourth-order valence-electron chi connectivity index (χ4n) is 8.96. The monoisotopic (exact) mass is 576 g/mol. The summed E-state index contributed by atoms with van der Waals surface area (Å²) in [5.41, 5.74) is 6.10. The van der Waals surface area contributed by atoms with E-state index in [9.17, 15) is 0 Å². The minimum atomic E-state index is -0.337. The third-order valence-corrected chi connectivity index (χ3v) is 10.8. The number of hydrogen-bond acceptors (Lipinski definition) is 4. The van der Waals surface area contributed by atoms with Crippen LogP contribution < -0.4 is 10.1 Å². The number of fused-ring (bicyclic) bond motifs is 11. The van der Waals surface area contributed by atoms with Crippen LogP contribution in [-0.2, 0) is 10.2 Å². The Kier molecular flexibility index (Phi) is 5.12. The SMILES string of the molecule is C1=CC2OC3CC(C4CC=CN4)C=CC3C3(c4ccccc4Oc4cc(-c5cccc6oc7[nH]ccc7c56)ccc43)C2C=C1. The summed E-state index contributed by atoms with van der Waals surface area (Å²) in [6.07, 6.45) is 22.3. The number of aromatic amines is 1. The Labute approximate surface area is 255 Å². The molecule has 5 aliphatic rings. The van der Waals surface area contributed by atoms with Gasteiger partial charge in [0.2, 0.25) is 5.71 Å². The molecule has 0 saturated carbocycles. The lowest BCUT2D eigenvalue weighted by atomic mass is 9.51. The summed E-state index contributed by atoms with van der Waals surface area (Å²) in [5.74, 6) is 2.59. The van der Waals surface area contributed by atoms with E-state index in [2.05, 4.69) is 120 Å². The Morgan fingerprint density at radius 2 is 1.75 bits per heavy atom. The van der Waals surface area contributed by atoms with E-state index in [-0.39, 0.29) is 29.5 Å². The summed E-state index contributed by atoms with van der Waals surface area (Å²) in [6, 6.07) is 24.4. The van der Waals surface area contributed by atoms with Crippen molar-refractivity contribution in [3.05, 3.63) is 133 Å². The number of nitrogens with one attached hydrogen (secondary N) is 2. The van der Waals surface area contributed by atoms with Crippen molar-refractivity contribution in [2.45, 2.75) is 36.5 Å². The van der Waals surface area contributed by atoms with Crippen molar-refractivity contribution >= 4 is 22.1 Å². The molecule has 5 heteroatoms. The first-order chi connectivity index (χ1) is 21.8. The van der Waals surface area contributed by atoms with Gasteiger partial charge in [0.15, 0.2) is 0 Å². The zero-order chi connectivity index (χ0) is 28.8. The summed E-state index contributed by atoms with van der Waals surface area (Å²) in [4.78, 5) is 3.23. The second-order valence-corrected chi connectivity index (χ2v) is 12.8. The molecule has 7 atom stereocenters. The molecule has 5 heterocycles. The molecule has 2 aliphatic carbocycles. The van der Waals surface area contributed by atoms with E-state index in [4.69, 9.17) is 13.9 Å². The highest BCUT2D eigenvalue weighted by Gasteiger charge is 2.60. The second kappa shape index (κ2) is 9.13. The summed E-state index contributed by atoms with van der Waals surface area (Å²) in [5, 5.41) is 5.80. The van der Waals surface area contributed by atoms with Crippen LogP contribution in [0.2, 0.25) is 0 Å². The van der Waals surface area contributed by atoms with Gasteiger partial charge in [0, 0.05) is 51.4 Å². The normalized spacial score (nSPS) is 31.0. The molecule has 5 nitrogen and oxygen atoms in total. The molecule has 44 heavy (non-hydrogen) atoms. The van der Waals surface area contributed by atoms with Crippen LogP contribution in [0, 0.1) is 17.8 Å². The molecule has 1 saturated heterocycles. The number of benzene rings is 3. The van der Waals surface area contributed by atoms with Gasteiger partial charge >= 0.3 is 0 Å². The summed E-state index contributed by atoms with van der Waals surface area (Å²) >= 11 is 0. The first kappa shape index (κ1) is 24.7. The predicted molar refractivity (Wildman–Crippen MR) is 173 cm³/mol. The summed E-state index contributed by atoms with van der Waals surface area (Å²) in [6.45, 7) is 0. The van der Waals surface area contributed by atoms with E-state index >= 15 is 0 Å². The Bertz CT molecular complexity index is 2070. The van der Waals surface area contributed by atoms with E-state index in [1.54, 1.807) is 0 Å². The van der Waals surface area contributed by atoms with Crippen LogP contribution >= 0.6 is 0 Å². The molecule has 0 bridgehead atoms. The highest BCUT2D eigenvalue weighted by Crippen LogP contribution is 2.62. The van der Waals surface area contributed by atoms with Crippen molar-refractivity contribution in [1.82, 2.24) is 10.3 Å². The Balaban J connectivity index is 1.19. The van der Waals surface area contributed by atoms with Gasteiger partial charge in [-0.1, -0.05) is 85.0 Å². The average Bonchev–Trinajstić information content (AvgIpc) is 3.83. The van der Waals surface area contributed by atoms with Gasteiger partial charge in [0.25, 0.3) is 0 Å². The van der Waals surface area contributed by atoms with Crippen LogP contribution in [0.3, 0.4) is 0 Å². The van der Waals surface area contributed by atoms with Crippen molar-refractivity contribution < 1.29 is 13.9 Å². The minimum absolute atomic E-state index is 0.0108. The molecular weight excluding hydrogens is 544 g/mol. The molecule has 216 valence electrons. The maximum Gasteiger partial charge on any atom is 0.205 e. The van der Waals surface area contributed by atoms with Crippen molar-refractivity contribution in [2.75, 3.05) is 0 Å². The smallest absolute Gasteiger partial charge is 0.205 e. The zero-order valence-electron chi connectivity index (χ0n) is 24.2. The van der Waals surface area contributed by atoms with E-state index in [0.717, 1.165) is 57.5 Å². The largest absolute Gasteiger partial charge is 0.457 e. The number of ether oxygens (including phenoxy) is 2. The Morgan fingerprint density at radius 1 is 0.818 bits per heavy atom. The first-order valence-electron chi connectivity index (χ1n) is 15.8. The van der Waals surface area contributed by atoms with Crippen LogP contribution in [0.25, 0.3) is 33.2 Å². The van der Waals surface area contributed by atoms with Crippen molar-refractivity contribution in [3.63, 3.8) is 0 Å². The standard InChI is InChI=1S/C39H32N2O3/c1-3-11-32-27(8-1)39(28-9-2-4-12-33(28)43-36-22-24(15-17-30(36)39)31-10-6-19-40-31)29-16-14-23(21-35(29)42-32)25-7-5-13-34-37(25)26-18-20-41-38(26)44-34/h1-9,11-21,24,28,30-31,33,36,40-41H,10,22H2. The fourth-order valence-corrected chi connectivity index (χ4v) is 8.96. The highest BCUT2D eigenvalue weighted by molar-refractivity contribution is 6.11. The summed E-state index contributed by atoms with van der Waals surface area (Å²) in [7, 11) is 0. The van der Waals surface area contributed by atoms with Gasteiger partial charge in [-0.25, -0.2) is 0 Å². The number of furan rings is 1. The maximum absolute atomic E-state index is 7.02. The number of aromatic nitrogens is 1. The van der Waals surface area contributed by atoms with Crippen molar-refractivity contribution in [1.29, 1.82) is 0 Å². The molecule has 2 N–H and O–H groups in total. The molecule has 3 aromatic carbocycles. The van der Waals surface area contributed by atoms with Gasteiger partial charge in [-0.2, -0.15) is 0 Å². The third-order valence-electron chi connectivity index (χ3n) is 10.8. The van der Waals surface area contributed by atoms with E-state index < -0.39 is 0 Å². The minimum Gasteiger partial charge on any atom is -0.457 e. The molecule has 2 aromatic heterocycles. The third kappa shape index (κ3) is 3.28. The van der Waals surface area contributed by atoms with Crippen LogP contribution in [0.5, 0.6) is 11.5 Å². The number of rotatable bonds is 2. The lowest BCUT2D eigenvalue weighted by Crippen LogP contribution is -2.59. The number of para-hydroxylation sites is 1. The zero-order valence-corrected chi connectivity index (χ0v) is 24.2. The molecule has 10 rings (SSSR count). The van der Waals surface area contributed by atoms with Crippen LogP contribution in [0.4, 0.5) is 0 Å². The van der Waals surface area contributed by atoms with E-state index in [0.29, 0.717) is 12.0 Å². The number of H-pyrrole nitrogens is 1. The van der Waals surface area contributed by atoms with Gasteiger partial charge in [-0.15, -0.1) is 0 Å². The van der Waals surface area contributed by atoms with Gasteiger partial charge < -0.3 is 24.2 Å². The topological polar surface area (TPSA) is 59.4 Å². The van der Waals surface area contributed by atoms with Gasteiger partial charge in [-0.3, -0.25) is 0 Å². The Morgan fingerprint density at radius 3 is 2.70 bits per heavy atom. The van der Waals surface area contributed by atoms with Gasteiger partial charge in [-0.05, 0) is 60.4 Å². The molecule has 1 spiro atoms. The lowest BCUT2D eigenvalue weighted by Gasteiger charge is -2.58.